The highest BCUT2D eigenvalue weighted by Crippen LogP contribution is 2.19. The van der Waals surface area contributed by atoms with Crippen molar-refractivity contribution in [2.24, 2.45) is 0 Å². The van der Waals surface area contributed by atoms with Gasteiger partial charge in [0.2, 0.25) is 0 Å². The number of carbonyl (C=O) groups is 3. The molecule has 484 valence electrons. The molecule has 0 amide bonds. The Kier molecular flexibility index (Phi) is 69.1. The van der Waals surface area contributed by atoms with E-state index < -0.39 is 6.10 Å². The fourth-order valence-electron chi connectivity index (χ4n) is 11.0. The molecule has 0 aromatic rings. The molecule has 6 nitrogen and oxygen atoms in total. The van der Waals surface area contributed by atoms with Crippen LogP contribution in [0.25, 0.3) is 0 Å². The largest absolute Gasteiger partial charge is 0.462 e. The van der Waals surface area contributed by atoms with Crippen molar-refractivity contribution in [1.29, 1.82) is 0 Å². The molecule has 1 unspecified atom stereocenters. The SMILES string of the molecule is CC/C=C\C/C=C\C/C=C\C/C=C\CCCCCCCCC(=O)OC(COC(=O)CCCCCCCCCCCCCCCCC/C=C\CCCCCCCCCC)COC(=O)CCCCCCCCCCCCCCCCCCCCC. The van der Waals surface area contributed by atoms with Crippen LogP contribution in [0.1, 0.15) is 393 Å². The third-order valence-electron chi connectivity index (χ3n) is 16.5. The molecule has 0 bridgehead atoms. The van der Waals surface area contributed by atoms with Gasteiger partial charge in [0.05, 0.1) is 0 Å². The molecule has 0 saturated heterocycles. The first-order valence-electron chi connectivity index (χ1n) is 36.8. The second-order valence-electron chi connectivity index (χ2n) is 24.8. The topological polar surface area (TPSA) is 78.9 Å². The molecule has 0 N–H and O–H groups in total. The summed E-state index contributed by atoms with van der Waals surface area (Å²) in [7, 11) is 0. The lowest BCUT2D eigenvalue weighted by molar-refractivity contribution is -0.167. The molecule has 6 heteroatoms. The molecule has 0 aliphatic heterocycles. The summed E-state index contributed by atoms with van der Waals surface area (Å²) in [5.74, 6) is -0.861. The number of hydrogen-bond acceptors (Lipinski definition) is 6. The van der Waals surface area contributed by atoms with E-state index in [1.54, 1.807) is 0 Å². The molecule has 0 saturated carbocycles. The zero-order chi connectivity index (χ0) is 59.9. The van der Waals surface area contributed by atoms with Crippen LogP contribution in [0.2, 0.25) is 0 Å². The first-order valence-corrected chi connectivity index (χ1v) is 36.8. The maximum absolute atomic E-state index is 13.0. The van der Waals surface area contributed by atoms with Gasteiger partial charge in [-0.2, -0.15) is 0 Å². The van der Waals surface area contributed by atoms with E-state index in [0.717, 1.165) is 96.3 Å². The zero-order valence-corrected chi connectivity index (χ0v) is 55.7. The van der Waals surface area contributed by atoms with Gasteiger partial charge in [0.1, 0.15) is 13.2 Å². The van der Waals surface area contributed by atoms with Crippen LogP contribution in [0.5, 0.6) is 0 Å². The Bertz CT molecular complexity index is 1470. The lowest BCUT2D eigenvalue weighted by Crippen LogP contribution is -2.30. The van der Waals surface area contributed by atoms with Gasteiger partial charge in [0.25, 0.3) is 0 Å². The number of carbonyl (C=O) groups excluding carboxylic acids is 3. The van der Waals surface area contributed by atoms with Crippen molar-refractivity contribution in [3.63, 3.8) is 0 Å². The fraction of sp³-hybridized carbons (Fsp3) is 0.831. The normalized spacial score (nSPS) is 12.4. The molecule has 0 aliphatic carbocycles. The average molecular weight is 1160 g/mol. The van der Waals surface area contributed by atoms with E-state index in [9.17, 15) is 14.4 Å². The minimum atomic E-state index is -0.782. The monoisotopic (exact) mass is 1160 g/mol. The highest BCUT2D eigenvalue weighted by atomic mass is 16.6. The Morgan fingerprint density at radius 1 is 0.253 bits per heavy atom. The van der Waals surface area contributed by atoms with Crippen molar-refractivity contribution >= 4 is 17.9 Å². The molecule has 83 heavy (non-hydrogen) atoms. The average Bonchev–Trinajstić information content (AvgIpc) is 3.50. The Labute approximate surface area is 517 Å². The van der Waals surface area contributed by atoms with Crippen molar-refractivity contribution in [3.05, 3.63) is 60.8 Å². The van der Waals surface area contributed by atoms with Gasteiger partial charge in [0, 0.05) is 19.3 Å². The summed E-state index contributed by atoms with van der Waals surface area (Å²) in [6.45, 7) is 6.59. The number of rotatable bonds is 68. The van der Waals surface area contributed by atoms with Gasteiger partial charge in [-0.25, -0.2) is 0 Å². The van der Waals surface area contributed by atoms with Crippen molar-refractivity contribution in [2.75, 3.05) is 13.2 Å². The highest BCUT2D eigenvalue weighted by molar-refractivity contribution is 5.71. The summed E-state index contributed by atoms with van der Waals surface area (Å²) in [6, 6.07) is 0. The van der Waals surface area contributed by atoms with Crippen molar-refractivity contribution < 1.29 is 28.6 Å². The van der Waals surface area contributed by atoms with Crippen LogP contribution < -0.4 is 0 Å². The van der Waals surface area contributed by atoms with Gasteiger partial charge in [-0.3, -0.25) is 14.4 Å². The number of ether oxygens (including phenoxy) is 3. The Morgan fingerprint density at radius 2 is 0.470 bits per heavy atom. The van der Waals surface area contributed by atoms with E-state index in [4.69, 9.17) is 14.2 Å². The van der Waals surface area contributed by atoms with Crippen LogP contribution in [0.4, 0.5) is 0 Å². The molecular formula is C77H140O6. The minimum absolute atomic E-state index is 0.0754. The van der Waals surface area contributed by atoms with Gasteiger partial charge in [-0.05, 0) is 83.5 Å². The third-order valence-corrected chi connectivity index (χ3v) is 16.5. The molecule has 0 radical (unpaired) electrons. The van der Waals surface area contributed by atoms with Crippen LogP contribution in [-0.4, -0.2) is 37.2 Å². The van der Waals surface area contributed by atoms with Gasteiger partial charge >= 0.3 is 17.9 Å². The first-order chi connectivity index (χ1) is 41.0. The summed E-state index contributed by atoms with van der Waals surface area (Å²) < 4.78 is 17.0. The first kappa shape index (κ1) is 80.1. The highest BCUT2D eigenvalue weighted by Gasteiger charge is 2.19. The summed E-state index contributed by atoms with van der Waals surface area (Å²) in [4.78, 5) is 38.5. The van der Waals surface area contributed by atoms with Crippen LogP contribution in [0, 0.1) is 0 Å². The van der Waals surface area contributed by atoms with Crippen LogP contribution in [0.15, 0.2) is 60.8 Å². The standard InChI is InChI=1S/C77H140O6/c1-4-7-10-13-16-19-22-25-28-31-34-35-36-37-38-39-40-41-44-46-49-52-55-58-61-64-67-70-76(79)82-73-74(83-77(80)71-68-65-62-59-56-53-50-47-43-33-30-27-24-21-18-15-12-9-6-3)72-81-75(78)69-66-63-60-57-54-51-48-45-42-32-29-26-23-20-17-14-11-8-5-2/h9,12,18,21,27,30-31,34,43,47,74H,4-8,10-11,13-17,19-20,22-26,28-29,32-33,35-42,44-46,48-73H2,1-3H3/b12-9-,21-18-,30-27-,34-31-,47-43-. The molecule has 0 aromatic carbocycles. The molecule has 0 aliphatic rings. The quantitative estimate of drug-likeness (QED) is 0.0261. The lowest BCUT2D eigenvalue weighted by Gasteiger charge is -2.18. The van der Waals surface area contributed by atoms with E-state index >= 15 is 0 Å². The molecule has 0 spiro atoms. The smallest absolute Gasteiger partial charge is 0.306 e. The zero-order valence-electron chi connectivity index (χ0n) is 55.7. The summed E-state index contributed by atoms with van der Waals surface area (Å²) in [6.07, 6.45) is 92.6. The van der Waals surface area contributed by atoms with Crippen molar-refractivity contribution in [3.8, 4) is 0 Å². The number of esters is 3. The second-order valence-corrected chi connectivity index (χ2v) is 24.8. The number of hydrogen-bond donors (Lipinski definition) is 0. The van der Waals surface area contributed by atoms with Gasteiger partial charge < -0.3 is 14.2 Å². The molecule has 0 aromatic heterocycles. The maximum Gasteiger partial charge on any atom is 0.306 e. The molecular weight excluding hydrogens is 1020 g/mol. The fourth-order valence-corrected chi connectivity index (χ4v) is 11.0. The number of allylic oxidation sites excluding steroid dienone is 10. The van der Waals surface area contributed by atoms with Gasteiger partial charge in [-0.1, -0.05) is 351 Å². The second kappa shape index (κ2) is 71.6. The van der Waals surface area contributed by atoms with Crippen molar-refractivity contribution in [1.82, 2.24) is 0 Å². The van der Waals surface area contributed by atoms with Crippen molar-refractivity contribution in [2.45, 2.75) is 399 Å². The predicted molar refractivity (Wildman–Crippen MR) is 362 cm³/mol. The van der Waals surface area contributed by atoms with Crippen LogP contribution >= 0.6 is 0 Å². The molecule has 0 rings (SSSR count). The minimum Gasteiger partial charge on any atom is -0.462 e. The summed E-state index contributed by atoms with van der Waals surface area (Å²) >= 11 is 0. The van der Waals surface area contributed by atoms with Gasteiger partial charge in [-0.15, -0.1) is 0 Å². The predicted octanol–water partition coefficient (Wildman–Crippen LogP) is 25.5. The Hall–Kier alpha value is -2.89. The summed E-state index contributed by atoms with van der Waals surface area (Å²) in [5.41, 5.74) is 0. The van der Waals surface area contributed by atoms with E-state index in [1.165, 1.54) is 257 Å². The van der Waals surface area contributed by atoms with Crippen LogP contribution in [0.3, 0.4) is 0 Å². The molecule has 0 heterocycles. The van der Waals surface area contributed by atoms with E-state index in [0.29, 0.717) is 19.3 Å². The Morgan fingerprint density at radius 3 is 0.747 bits per heavy atom. The third kappa shape index (κ3) is 69.8. The van der Waals surface area contributed by atoms with Gasteiger partial charge in [0.15, 0.2) is 6.10 Å². The molecule has 1 atom stereocenters. The van der Waals surface area contributed by atoms with E-state index in [-0.39, 0.29) is 31.1 Å². The van der Waals surface area contributed by atoms with E-state index in [2.05, 4.69) is 81.5 Å². The maximum atomic E-state index is 13.0. The Balaban J connectivity index is 4.29. The van der Waals surface area contributed by atoms with E-state index in [1.807, 2.05) is 0 Å². The number of unbranched alkanes of at least 4 members (excludes halogenated alkanes) is 47. The molecule has 0 fully saturated rings. The summed E-state index contributed by atoms with van der Waals surface area (Å²) in [5, 5.41) is 0. The lowest BCUT2D eigenvalue weighted by atomic mass is 10.0. The van der Waals surface area contributed by atoms with Crippen LogP contribution in [-0.2, 0) is 28.6 Å².